The lowest BCUT2D eigenvalue weighted by molar-refractivity contribution is -0.124. The van der Waals surface area contributed by atoms with Gasteiger partial charge in [0.2, 0.25) is 0 Å². The number of esters is 1. The van der Waals surface area contributed by atoms with Crippen LogP contribution < -0.4 is 11.1 Å². The van der Waals surface area contributed by atoms with Gasteiger partial charge in [-0.2, -0.15) is 0 Å². The third-order valence-corrected chi connectivity index (χ3v) is 4.25. The Bertz CT molecular complexity index is 710. The number of nitrogens with one attached hydrogen (secondary N) is 1. The Hall–Kier alpha value is -2.18. The van der Waals surface area contributed by atoms with E-state index in [0.29, 0.717) is 11.6 Å². The van der Waals surface area contributed by atoms with Gasteiger partial charge in [-0.05, 0) is 30.3 Å². The molecule has 1 amide bonds. The topological polar surface area (TPSA) is 81.4 Å². The summed E-state index contributed by atoms with van der Waals surface area (Å²) in [4.78, 5) is 24.7. The first-order valence-corrected chi connectivity index (χ1v) is 8.59. The molecule has 24 heavy (non-hydrogen) atoms. The fourth-order valence-corrected chi connectivity index (χ4v) is 2.80. The molecule has 0 fully saturated rings. The number of benzene rings is 2. The zero-order valence-corrected chi connectivity index (χ0v) is 14.4. The zero-order chi connectivity index (χ0) is 17.4. The van der Waals surface area contributed by atoms with Crippen LogP contribution in [0.5, 0.6) is 0 Å². The number of halogens is 1. The molecule has 0 aliphatic rings. The molecule has 0 heterocycles. The van der Waals surface area contributed by atoms with Crippen molar-refractivity contribution in [3.63, 3.8) is 0 Å². The van der Waals surface area contributed by atoms with E-state index in [1.807, 2.05) is 30.3 Å². The number of anilines is 1. The average molecular weight is 365 g/mol. The van der Waals surface area contributed by atoms with Gasteiger partial charge in [0, 0.05) is 27.9 Å². The first kappa shape index (κ1) is 18.2. The number of carbonyl (C=O) groups excluding carboxylic acids is 2. The molecule has 0 aromatic heterocycles. The van der Waals surface area contributed by atoms with Gasteiger partial charge in [0.1, 0.15) is 0 Å². The quantitative estimate of drug-likeness (QED) is 0.341. The predicted molar refractivity (Wildman–Crippen MR) is 96.3 cm³/mol. The number of ether oxygens (including phenoxy) is 1. The number of rotatable bonds is 7. The molecule has 0 aliphatic heterocycles. The van der Waals surface area contributed by atoms with Crippen molar-refractivity contribution in [1.29, 1.82) is 0 Å². The summed E-state index contributed by atoms with van der Waals surface area (Å²) in [5.41, 5.74) is 6.09. The number of nitrogens with two attached hydrogens (primary N) is 1. The first-order chi connectivity index (χ1) is 11.6. The van der Waals surface area contributed by atoms with Gasteiger partial charge in [0.25, 0.3) is 5.91 Å². The van der Waals surface area contributed by atoms with Gasteiger partial charge < -0.3 is 15.8 Å². The van der Waals surface area contributed by atoms with Crippen LogP contribution in [-0.4, -0.2) is 30.8 Å². The first-order valence-electron chi connectivity index (χ1n) is 7.23. The SMILES string of the molecule is Nc1ccc(Cl)cc1C(=O)OCC(=O)NCCSc1ccccc1. The Labute approximate surface area is 149 Å². The van der Waals surface area contributed by atoms with Gasteiger partial charge in [0.15, 0.2) is 6.61 Å². The Morgan fingerprint density at radius 2 is 1.92 bits per heavy atom. The maximum Gasteiger partial charge on any atom is 0.340 e. The molecule has 3 N–H and O–H groups in total. The number of carbonyl (C=O) groups is 2. The zero-order valence-electron chi connectivity index (χ0n) is 12.8. The molecular weight excluding hydrogens is 348 g/mol. The van der Waals surface area contributed by atoms with Crippen LogP contribution in [0.25, 0.3) is 0 Å². The molecule has 0 radical (unpaired) electrons. The second kappa shape index (κ2) is 9.20. The highest BCUT2D eigenvalue weighted by molar-refractivity contribution is 7.99. The molecule has 0 unspecified atom stereocenters. The van der Waals surface area contributed by atoms with Crippen LogP contribution in [-0.2, 0) is 9.53 Å². The fourth-order valence-electron chi connectivity index (χ4n) is 1.84. The molecule has 126 valence electrons. The molecule has 0 saturated heterocycles. The van der Waals surface area contributed by atoms with Gasteiger partial charge in [0.05, 0.1) is 5.56 Å². The third kappa shape index (κ3) is 5.79. The molecule has 2 rings (SSSR count). The Kier molecular flexibility index (Phi) is 6.96. The second-order valence-corrected chi connectivity index (χ2v) is 6.42. The standard InChI is InChI=1S/C17H17ClN2O3S/c18-12-6-7-15(19)14(10-12)17(22)23-11-16(21)20-8-9-24-13-4-2-1-3-5-13/h1-7,10H,8-9,11,19H2,(H,20,21). The van der Waals surface area contributed by atoms with Crippen molar-refractivity contribution in [3.05, 3.63) is 59.1 Å². The summed E-state index contributed by atoms with van der Waals surface area (Å²) in [5, 5.41) is 3.07. The van der Waals surface area contributed by atoms with Gasteiger partial charge in [-0.3, -0.25) is 4.79 Å². The van der Waals surface area contributed by atoms with E-state index in [-0.39, 0.29) is 23.8 Å². The lowest BCUT2D eigenvalue weighted by Gasteiger charge is -2.08. The number of amides is 1. The van der Waals surface area contributed by atoms with E-state index in [4.69, 9.17) is 22.1 Å². The van der Waals surface area contributed by atoms with Crippen LogP contribution >= 0.6 is 23.4 Å². The molecule has 0 atom stereocenters. The van der Waals surface area contributed by atoms with Crippen molar-refractivity contribution in [2.24, 2.45) is 0 Å². The van der Waals surface area contributed by atoms with E-state index in [2.05, 4.69) is 5.32 Å². The molecular formula is C17H17ClN2O3S. The highest BCUT2D eigenvalue weighted by atomic mass is 35.5. The third-order valence-electron chi connectivity index (χ3n) is 3.01. The van der Waals surface area contributed by atoms with E-state index in [9.17, 15) is 9.59 Å². The second-order valence-electron chi connectivity index (χ2n) is 4.82. The van der Waals surface area contributed by atoms with Crippen molar-refractivity contribution in [2.75, 3.05) is 24.6 Å². The van der Waals surface area contributed by atoms with Crippen molar-refractivity contribution in [2.45, 2.75) is 4.90 Å². The summed E-state index contributed by atoms with van der Waals surface area (Å²) in [5.74, 6) is -0.313. The Morgan fingerprint density at radius 3 is 2.67 bits per heavy atom. The summed E-state index contributed by atoms with van der Waals surface area (Å²) in [6, 6.07) is 14.4. The van der Waals surface area contributed by atoms with Gasteiger partial charge in [-0.1, -0.05) is 29.8 Å². The van der Waals surface area contributed by atoms with Gasteiger partial charge in [-0.15, -0.1) is 11.8 Å². The monoisotopic (exact) mass is 364 g/mol. The van der Waals surface area contributed by atoms with E-state index in [0.717, 1.165) is 10.6 Å². The number of thioether (sulfide) groups is 1. The lowest BCUT2D eigenvalue weighted by atomic mass is 10.2. The van der Waals surface area contributed by atoms with Crippen LogP contribution in [0, 0.1) is 0 Å². The van der Waals surface area contributed by atoms with Crippen molar-refractivity contribution >= 4 is 40.9 Å². The predicted octanol–water partition coefficient (Wildman–Crippen LogP) is 2.99. The Morgan fingerprint density at radius 1 is 1.17 bits per heavy atom. The van der Waals surface area contributed by atoms with Gasteiger partial charge in [-0.25, -0.2) is 4.79 Å². The largest absolute Gasteiger partial charge is 0.452 e. The summed E-state index contributed by atoms with van der Waals surface area (Å²) < 4.78 is 4.94. The summed E-state index contributed by atoms with van der Waals surface area (Å²) >= 11 is 7.45. The normalized spacial score (nSPS) is 10.2. The van der Waals surface area contributed by atoms with Crippen molar-refractivity contribution < 1.29 is 14.3 Å². The summed E-state index contributed by atoms with van der Waals surface area (Å²) in [7, 11) is 0. The average Bonchev–Trinajstić information content (AvgIpc) is 2.59. The van der Waals surface area contributed by atoms with Crippen LogP contribution in [0.3, 0.4) is 0 Å². The number of hydrogen-bond acceptors (Lipinski definition) is 5. The minimum Gasteiger partial charge on any atom is -0.452 e. The van der Waals surface area contributed by atoms with Crippen molar-refractivity contribution in [3.8, 4) is 0 Å². The molecule has 2 aromatic rings. The van der Waals surface area contributed by atoms with Crippen molar-refractivity contribution in [1.82, 2.24) is 5.32 Å². The molecule has 0 spiro atoms. The van der Waals surface area contributed by atoms with Crippen LogP contribution in [0.15, 0.2) is 53.4 Å². The minimum absolute atomic E-state index is 0.148. The molecule has 0 bridgehead atoms. The van der Waals surface area contributed by atoms with Gasteiger partial charge >= 0.3 is 5.97 Å². The fraction of sp³-hybridized carbons (Fsp3) is 0.176. The van der Waals surface area contributed by atoms with Crippen LogP contribution in [0.1, 0.15) is 10.4 Å². The maximum absolute atomic E-state index is 11.9. The molecule has 2 aromatic carbocycles. The van der Waals surface area contributed by atoms with Crippen LogP contribution in [0.4, 0.5) is 5.69 Å². The lowest BCUT2D eigenvalue weighted by Crippen LogP contribution is -2.30. The number of hydrogen-bond donors (Lipinski definition) is 2. The minimum atomic E-state index is -0.677. The maximum atomic E-state index is 11.9. The highest BCUT2D eigenvalue weighted by Crippen LogP contribution is 2.18. The summed E-state index contributed by atoms with van der Waals surface area (Å²) in [6.45, 7) is 0.121. The smallest absolute Gasteiger partial charge is 0.340 e. The van der Waals surface area contributed by atoms with E-state index in [1.54, 1.807) is 17.8 Å². The van der Waals surface area contributed by atoms with E-state index < -0.39 is 5.97 Å². The molecule has 0 saturated carbocycles. The molecule has 0 aliphatic carbocycles. The van der Waals surface area contributed by atoms with E-state index in [1.165, 1.54) is 12.1 Å². The summed E-state index contributed by atoms with van der Waals surface area (Å²) in [6.07, 6.45) is 0. The number of nitrogen functional groups attached to an aromatic ring is 1. The molecule has 7 heteroatoms. The highest BCUT2D eigenvalue weighted by Gasteiger charge is 2.13. The molecule has 5 nitrogen and oxygen atoms in total. The van der Waals surface area contributed by atoms with Crippen LogP contribution in [0.2, 0.25) is 5.02 Å². The van der Waals surface area contributed by atoms with E-state index >= 15 is 0 Å². The Balaban J connectivity index is 1.69.